The number of aromatic nitrogens is 2. The van der Waals surface area contributed by atoms with Gasteiger partial charge < -0.3 is 15.0 Å². The number of nitrogens with zero attached hydrogens (tertiary/aromatic N) is 2. The van der Waals surface area contributed by atoms with Crippen molar-refractivity contribution in [1.29, 1.82) is 0 Å². The molecular weight excluding hydrogens is 182 g/mol. The molecule has 0 aromatic carbocycles. The minimum Gasteiger partial charge on any atom is -0.379 e. The van der Waals surface area contributed by atoms with E-state index in [1.54, 1.807) is 0 Å². The van der Waals surface area contributed by atoms with Crippen LogP contribution in [0.15, 0.2) is 4.52 Å². The molecule has 1 aromatic rings. The Balaban J connectivity index is 2.08. The van der Waals surface area contributed by atoms with Crippen LogP contribution in [0.2, 0.25) is 0 Å². The molecule has 0 radical (unpaired) electrons. The lowest BCUT2D eigenvalue weighted by molar-refractivity contribution is 0.187. The van der Waals surface area contributed by atoms with Gasteiger partial charge in [-0.25, -0.2) is 0 Å². The second kappa shape index (κ2) is 4.06. The maximum absolute atomic E-state index is 5.84. The normalized spacial score (nSPS) is 27.0. The number of ether oxygens (including phenoxy) is 1. The van der Waals surface area contributed by atoms with Gasteiger partial charge in [-0.2, -0.15) is 4.98 Å². The summed E-state index contributed by atoms with van der Waals surface area (Å²) in [6.45, 7) is 3.26. The Morgan fingerprint density at radius 3 is 3.00 bits per heavy atom. The molecule has 1 aromatic heterocycles. The van der Waals surface area contributed by atoms with E-state index in [4.69, 9.17) is 15.0 Å². The van der Waals surface area contributed by atoms with E-state index in [1.807, 2.05) is 0 Å². The van der Waals surface area contributed by atoms with Gasteiger partial charge in [0.15, 0.2) is 5.82 Å². The molecule has 1 fully saturated rings. The molecule has 0 saturated carbocycles. The van der Waals surface area contributed by atoms with E-state index in [1.165, 1.54) is 0 Å². The van der Waals surface area contributed by atoms with Crippen LogP contribution in [0.3, 0.4) is 0 Å². The van der Waals surface area contributed by atoms with Crippen molar-refractivity contribution in [1.82, 2.24) is 10.1 Å². The Bertz CT molecular complexity index is 300. The summed E-state index contributed by atoms with van der Waals surface area (Å²) in [5, 5.41) is 3.89. The standard InChI is InChI=1S/C9H15N3O2/c1-2-3-8-11-9(14-12-8)6-4-13-5-7(6)10/h6-7H,2-5,10H2,1H3. The molecule has 14 heavy (non-hydrogen) atoms. The van der Waals surface area contributed by atoms with Crippen molar-refractivity contribution in [3.05, 3.63) is 11.7 Å². The molecule has 1 saturated heterocycles. The van der Waals surface area contributed by atoms with Crippen LogP contribution in [0.1, 0.15) is 31.0 Å². The largest absolute Gasteiger partial charge is 0.379 e. The molecule has 2 unspecified atom stereocenters. The maximum atomic E-state index is 5.84. The van der Waals surface area contributed by atoms with Gasteiger partial charge in [-0.3, -0.25) is 0 Å². The number of nitrogens with two attached hydrogens (primary N) is 1. The van der Waals surface area contributed by atoms with Gasteiger partial charge in [0.2, 0.25) is 5.89 Å². The summed E-state index contributed by atoms with van der Waals surface area (Å²) >= 11 is 0. The number of aryl methyl sites for hydroxylation is 1. The van der Waals surface area contributed by atoms with Gasteiger partial charge in [-0.1, -0.05) is 12.1 Å². The molecule has 2 heterocycles. The van der Waals surface area contributed by atoms with E-state index < -0.39 is 0 Å². The van der Waals surface area contributed by atoms with Crippen LogP contribution in [0.4, 0.5) is 0 Å². The van der Waals surface area contributed by atoms with Crippen LogP contribution in [0.5, 0.6) is 0 Å². The van der Waals surface area contributed by atoms with Crippen LogP contribution in [0, 0.1) is 0 Å². The summed E-state index contributed by atoms with van der Waals surface area (Å²) in [4.78, 5) is 4.29. The summed E-state index contributed by atoms with van der Waals surface area (Å²) in [6, 6.07) is -0.00933. The average molecular weight is 197 g/mol. The van der Waals surface area contributed by atoms with Crippen molar-refractivity contribution >= 4 is 0 Å². The maximum Gasteiger partial charge on any atom is 0.233 e. The van der Waals surface area contributed by atoms with E-state index in [2.05, 4.69) is 17.1 Å². The monoisotopic (exact) mass is 197 g/mol. The summed E-state index contributed by atoms with van der Waals surface area (Å²) < 4.78 is 10.4. The topological polar surface area (TPSA) is 74.2 Å². The third-order valence-electron chi connectivity index (χ3n) is 2.40. The van der Waals surface area contributed by atoms with E-state index in [9.17, 15) is 0 Å². The SMILES string of the molecule is CCCc1noc(C2COCC2N)n1. The van der Waals surface area contributed by atoms with Crippen molar-refractivity contribution in [2.45, 2.75) is 31.7 Å². The van der Waals surface area contributed by atoms with Gasteiger partial charge in [-0.15, -0.1) is 0 Å². The molecule has 1 aliphatic heterocycles. The molecule has 1 aliphatic rings. The highest BCUT2D eigenvalue weighted by Gasteiger charge is 2.31. The van der Waals surface area contributed by atoms with E-state index >= 15 is 0 Å². The Kier molecular flexibility index (Phi) is 2.79. The zero-order chi connectivity index (χ0) is 9.97. The molecule has 2 N–H and O–H groups in total. The fourth-order valence-electron chi connectivity index (χ4n) is 1.57. The number of rotatable bonds is 3. The molecule has 78 valence electrons. The zero-order valence-corrected chi connectivity index (χ0v) is 8.27. The van der Waals surface area contributed by atoms with Crippen LogP contribution >= 0.6 is 0 Å². The fourth-order valence-corrected chi connectivity index (χ4v) is 1.57. The van der Waals surface area contributed by atoms with Crippen molar-refractivity contribution in [3.8, 4) is 0 Å². The molecule has 0 aliphatic carbocycles. The number of hydrogen-bond donors (Lipinski definition) is 1. The van der Waals surface area contributed by atoms with Gasteiger partial charge in [0.05, 0.1) is 19.1 Å². The van der Waals surface area contributed by atoms with E-state index in [0.29, 0.717) is 19.1 Å². The molecular formula is C9H15N3O2. The fraction of sp³-hybridized carbons (Fsp3) is 0.778. The van der Waals surface area contributed by atoms with Crippen LogP contribution in [-0.4, -0.2) is 29.4 Å². The Morgan fingerprint density at radius 1 is 1.50 bits per heavy atom. The average Bonchev–Trinajstić information content (AvgIpc) is 2.74. The van der Waals surface area contributed by atoms with Crippen molar-refractivity contribution in [2.75, 3.05) is 13.2 Å². The Morgan fingerprint density at radius 2 is 2.36 bits per heavy atom. The molecule has 0 spiro atoms. The molecule has 5 heteroatoms. The van der Waals surface area contributed by atoms with Crippen molar-refractivity contribution in [2.24, 2.45) is 5.73 Å². The minimum atomic E-state index is -0.00933. The molecule has 2 rings (SSSR count). The van der Waals surface area contributed by atoms with E-state index in [0.717, 1.165) is 18.7 Å². The second-order valence-corrected chi connectivity index (χ2v) is 3.61. The highest BCUT2D eigenvalue weighted by atomic mass is 16.5. The summed E-state index contributed by atoms with van der Waals surface area (Å²) in [6.07, 6.45) is 1.87. The predicted octanol–water partition coefficient (Wildman–Crippen LogP) is 0.463. The van der Waals surface area contributed by atoms with Crippen molar-refractivity contribution < 1.29 is 9.26 Å². The lowest BCUT2D eigenvalue weighted by Gasteiger charge is -2.05. The summed E-state index contributed by atoms with van der Waals surface area (Å²) in [7, 11) is 0. The van der Waals surface area contributed by atoms with Crippen LogP contribution < -0.4 is 5.73 Å². The van der Waals surface area contributed by atoms with Crippen LogP contribution in [-0.2, 0) is 11.2 Å². The zero-order valence-electron chi connectivity index (χ0n) is 8.27. The number of hydrogen-bond acceptors (Lipinski definition) is 5. The predicted molar refractivity (Wildman–Crippen MR) is 49.8 cm³/mol. The second-order valence-electron chi connectivity index (χ2n) is 3.61. The third-order valence-corrected chi connectivity index (χ3v) is 2.40. The van der Waals surface area contributed by atoms with Gasteiger partial charge in [0, 0.05) is 12.5 Å². The smallest absolute Gasteiger partial charge is 0.233 e. The highest BCUT2D eigenvalue weighted by Crippen LogP contribution is 2.22. The van der Waals surface area contributed by atoms with Crippen molar-refractivity contribution in [3.63, 3.8) is 0 Å². The van der Waals surface area contributed by atoms with Gasteiger partial charge >= 0.3 is 0 Å². The van der Waals surface area contributed by atoms with Gasteiger partial charge in [0.25, 0.3) is 0 Å². The molecule has 0 amide bonds. The minimum absolute atomic E-state index is 0.00933. The first-order chi connectivity index (χ1) is 6.81. The van der Waals surface area contributed by atoms with Gasteiger partial charge in [-0.05, 0) is 6.42 Å². The summed E-state index contributed by atoms with van der Waals surface area (Å²) in [5.74, 6) is 1.47. The first-order valence-corrected chi connectivity index (χ1v) is 4.97. The highest BCUT2D eigenvalue weighted by molar-refractivity contribution is 5.01. The molecule has 5 nitrogen and oxygen atoms in total. The molecule has 2 atom stereocenters. The van der Waals surface area contributed by atoms with Crippen LogP contribution in [0.25, 0.3) is 0 Å². The Labute approximate surface area is 82.6 Å². The summed E-state index contributed by atoms with van der Waals surface area (Å²) in [5.41, 5.74) is 5.84. The lowest BCUT2D eigenvalue weighted by Crippen LogP contribution is -2.27. The molecule has 0 bridgehead atoms. The first-order valence-electron chi connectivity index (χ1n) is 4.97. The van der Waals surface area contributed by atoms with E-state index in [-0.39, 0.29) is 12.0 Å². The Hall–Kier alpha value is -0.940. The quantitative estimate of drug-likeness (QED) is 0.762. The lowest BCUT2D eigenvalue weighted by atomic mass is 10.1. The van der Waals surface area contributed by atoms with Gasteiger partial charge in [0.1, 0.15) is 0 Å². The first kappa shape index (κ1) is 9.61. The third kappa shape index (κ3) is 1.78.